The van der Waals surface area contributed by atoms with Crippen molar-refractivity contribution in [2.45, 2.75) is 44.4 Å². The predicted molar refractivity (Wildman–Crippen MR) is 136 cm³/mol. The lowest BCUT2D eigenvalue weighted by Crippen LogP contribution is -2.45. The highest BCUT2D eigenvalue weighted by Crippen LogP contribution is 2.54. The Bertz CT molecular complexity index is 1570. The summed E-state index contributed by atoms with van der Waals surface area (Å²) in [4.78, 5) is 15.2. The van der Waals surface area contributed by atoms with Gasteiger partial charge in [-0.2, -0.15) is 0 Å². The summed E-state index contributed by atoms with van der Waals surface area (Å²) < 4.78 is 5.69. The molecular formula is C30H26N4O. The van der Waals surface area contributed by atoms with E-state index in [9.17, 15) is 0 Å². The van der Waals surface area contributed by atoms with Gasteiger partial charge in [-0.15, -0.1) is 0 Å². The zero-order chi connectivity index (χ0) is 23.6. The Morgan fingerprint density at radius 1 is 0.971 bits per heavy atom. The molecule has 0 amide bonds. The van der Waals surface area contributed by atoms with E-state index in [1.807, 2.05) is 30.6 Å². The minimum Gasteiger partial charge on any atom is -0.361 e. The third-order valence-electron chi connectivity index (χ3n) is 8.26. The summed E-state index contributed by atoms with van der Waals surface area (Å²) in [6.45, 7) is 4.67. The molecule has 3 heterocycles. The molecule has 5 heteroatoms. The molecule has 0 aliphatic heterocycles. The number of pyridine rings is 1. The fourth-order valence-electron chi connectivity index (χ4n) is 6.61. The van der Waals surface area contributed by atoms with Crippen LogP contribution in [-0.2, 0) is 18.3 Å². The van der Waals surface area contributed by atoms with Crippen LogP contribution < -0.4 is 0 Å². The molecule has 35 heavy (non-hydrogen) atoms. The summed E-state index contributed by atoms with van der Waals surface area (Å²) in [6.07, 6.45) is 6.70. The summed E-state index contributed by atoms with van der Waals surface area (Å²) in [5.74, 6) is 2.57. The van der Waals surface area contributed by atoms with Gasteiger partial charge in [0.2, 0.25) is 0 Å². The molecule has 5 nitrogen and oxygen atoms in total. The zero-order valence-electron chi connectivity index (χ0n) is 19.9. The van der Waals surface area contributed by atoms with Gasteiger partial charge >= 0.3 is 0 Å². The van der Waals surface area contributed by atoms with E-state index in [0.29, 0.717) is 11.8 Å². The molecule has 0 unspecified atom stereocenters. The van der Waals surface area contributed by atoms with Crippen molar-refractivity contribution in [2.75, 3.05) is 0 Å². The molecule has 0 N–H and O–H groups in total. The number of fused-ring (bicyclic) bond motifs is 5. The van der Waals surface area contributed by atoms with Gasteiger partial charge in [0.1, 0.15) is 5.76 Å². The normalized spacial score (nSPS) is 22.9. The first-order chi connectivity index (χ1) is 17.1. The second-order valence-electron chi connectivity index (χ2n) is 10.2. The molecule has 2 aromatic carbocycles. The number of nitrogens with zero attached hydrogens (tertiary/aromatic N) is 4. The van der Waals surface area contributed by atoms with Gasteiger partial charge in [-0.1, -0.05) is 67.5 Å². The van der Waals surface area contributed by atoms with Crippen LogP contribution >= 0.6 is 0 Å². The molecule has 5 aromatic rings. The SMILES string of the molecule is C[C@H]1c2oncc2C[C@@]2(C)c3nc(-c4ccnc5ccccc45)nc(-c4ccccc4)c3CC[C@H]12. The summed E-state index contributed by atoms with van der Waals surface area (Å²) in [6, 6.07) is 20.8. The molecule has 0 bridgehead atoms. The van der Waals surface area contributed by atoms with Crippen LogP contribution in [0.15, 0.2) is 77.6 Å². The maximum Gasteiger partial charge on any atom is 0.160 e. The first-order valence-corrected chi connectivity index (χ1v) is 12.4. The van der Waals surface area contributed by atoms with Crippen LogP contribution in [0.4, 0.5) is 0 Å². The molecule has 0 saturated carbocycles. The number of hydrogen-bond acceptors (Lipinski definition) is 5. The Hall–Kier alpha value is -3.86. The van der Waals surface area contributed by atoms with Crippen molar-refractivity contribution in [1.82, 2.24) is 20.1 Å². The lowest BCUT2D eigenvalue weighted by molar-refractivity contribution is 0.172. The Balaban J connectivity index is 1.51. The average Bonchev–Trinajstić information content (AvgIpc) is 3.36. The number of aromatic nitrogens is 4. The van der Waals surface area contributed by atoms with Crippen LogP contribution in [0.1, 0.15) is 48.8 Å². The topological polar surface area (TPSA) is 64.7 Å². The molecule has 0 radical (unpaired) electrons. The van der Waals surface area contributed by atoms with Gasteiger partial charge in [0.05, 0.1) is 23.1 Å². The molecule has 0 fully saturated rings. The highest BCUT2D eigenvalue weighted by Gasteiger charge is 2.50. The third kappa shape index (κ3) is 3.00. The van der Waals surface area contributed by atoms with E-state index in [1.54, 1.807) is 0 Å². The average molecular weight is 459 g/mol. The lowest BCUT2D eigenvalue weighted by Gasteiger charge is -2.47. The molecule has 3 aromatic heterocycles. The standard InChI is InChI=1S/C30H26N4O/c1-18-24-13-12-23-26(19-8-4-3-5-9-19)33-29(22-14-15-31-25-11-7-6-10-21(22)25)34-28(23)30(24,2)16-20-17-32-35-27(18)20/h3-11,14-15,17-18,24H,12-13,16H2,1-2H3/t18-,24-,30-/m1/s1. The number of rotatable bonds is 2. The summed E-state index contributed by atoms with van der Waals surface area (Å²) in [7, 11) is 0. The third-order valence-corrected chi connectivity index (χ3v) is 8.26. The zero-order valence-corrected chi connectivity index (χ0v) is 19.9. The maximum absolute atomic E-state index is 5.69. The summed E-state index contributed by atoms with van der Waals surface area (Å²) in [5.41, 5.74) is 7.72. The molecule has 0 saturated heterocycles. The van der Waals surface area contributed by atoms with E-state index in [-0.39, 0.29) is 5.41 Å². The minimum atomic E-state index is -0.115. The molecule has 2 aliphatic carbocycles. The number of benzene rings is 2. The quantitative estimate of drug-likeness (QED) is 0.301. The summed E-state index contributed by atoms with van der Waals surface area (Å²) >= 11 is 0. The van der Waals surface area contributed by atoms with E-state index < -0.39 is 0 Å². The lowest BCUT2D eigenvalue weighted by atomic mass is 9.56. The van der Waals surface area contributed by atoms with Crippen molar-refractivity contribution < 1.29 is 4.52 Å². The van der Waals surface area contributed by atoms with Crippen molar-refractivity contribution in [1.29, 1.82) is 0 Å². The van der Waals surface area contributed by atoms with Crippen molar-refractivity contribution >= 4 is 10.9 Å². The molecule has 0 spiro atoms. The highest BCUT2D eigenvalue weighted by atomic mass is 16.5. The van der Waals surface area contributed by atoms with Crippen molar-refractivity contribution in [3.8, 4) is 22.6 Å². The van der Waals surface area contributed by atoms with Crippen LogP contribution in [0.5, 0.6) is 0 Å². The Morgan fingerprint density at radius 3 is 2.69 bits per heavy atom. The molecule has 7 rings (SSSR count). The van der Waals surface area contributed by atoms with Gasteiger partial charge in [-0.25, -0.2) is 9.97 Å². The van der Waals surface area contributed by atoms with Crippen molar-refractivity contribution in [2.24, 2.45) is 5.92 Å². The summed E-state index contributed by atoms with van der Waals surface area (Å²) in [5, 5.41) is 5.22. The second-order valence-corrected chi connectivity index (χ2v) is 10.2. The number of hydrogen-bond donors (Lipinski definition) is 0. The second kappa shape index (κ2) is 7.57. The van der Waals surface area contributed by atoms with Crippen molar-refractivity contribution in [3.05, 3.63) is 95.6 Å². The highest BCUT2D eigenvalue weighted by molar-refractivity contribution is 5.92. The van der Waals surface area contributed by atoms with Crippen molar-refractivity contribution in [3.63, 3.8) is 0 Å². The van der Waals surface area contributed by atoms with E-state index in [4.69, 9.17) is 14.5 Å². The van der Waals surface area contributed by atoms with Gasteiger partial charge in [-0.05, 0) is 37.3 Å². The van der Waals surface area contributed by atoms with Gasteiger partial charge in [0.15, 0.2) is 5.82 Å². The van der Waals surface area contributed by atoms with Crippen LogP contribution in [0.2, 0.25) is 0 Å². The van der Waals surface area contributed by atoms with E-state index in [1.165, 1.54) is 16.8 Å². The maximum atomic E-state index is 5.69. The minimum absolute atomic E-state index is 0.115. The number of para-hydroxylation sites is 1. The van der Waals surface area contributed by atoms with E-state index >= 15 is 0 Å². The molecule has 172 valence electrons. The molecule has 3 atom stereocenters. The van der Waals surface area contributed by atoms with Gasteiger partial charge in [0, 0.05) is 45.2 Å². The monoisotopic (exact) mass is 458 g/mol. The van der Waals surface area contributed by atoms with Crippen LogP contribution in [0.3, 0.4) is 0 Å². The Labute approximate surface area is 204 Å². The Kier molecular flexibility index (Phi) is 4.44. The fourth-order valence-corrected chi connectivity index (χ4v) is 6.61. The predicted octanol–water partition coefficient (Wildman–Crippen LogP) is 6.53. The van der Waals surface area contributed by atoms with Crippen LogP contribution in [0.25, 0.3) is 33.5 Å². The molecule has 2 aliphatic rings. The smallest absolute Gasteiger partial charge is 0.160 e. The Morgan fingerprint density at radius 2 is 1.80 bits per heavy atom. The first kappa shape index (κ1) is 20.5. The molecular weight excluding hydrogens is 432 g/mol. The van der Waals surface area contributed by atoms with Crippen LogP contribution in [0, 0.1) is 5.92 Å². The van der Waals surface area contributed by atoms with Gasteiger partial charge < -0.3 is 4.52 Å². The van der Waals surface area contributed by atoms with Crippen LogP contribution in [-0.4, -0.2) is 20.1 Å². The largest absolute Gasteiger partial charge is 0.361 e. The van der Waals surface area contributed by atoms with Gasteiger partial charge in [0.25, 0.3) is 0 Å². The van der Waals surface area contributed by atoms with E-state index in [0.717, 1.165) is 58.6 Å². The fraction of sp³-hybridized carbons (Fsp3) is 0.267. The van der Waals surface area contributed by atoms with Gasteiger partial charge in [-0.3, -0.25) is 4.98 Å². The van der Waals surface area contributed by atoms with E-state index in [2.05, 4.69) is 66.5 Å². The first-order valence-electron chi connectivity index (χ1n) is 12.4.